The summed E-state index contributed by atoms with van der Waals surface area (Å²) in [6.45, 7) is 1.14. The first-order chi connectivity index (χ1) is 9.70. The third kappa shape index (κ3) is 3.47. The van der Waals surface area contributed by atoms with Gasteiger partial charge in [0.25, 0.3) is 0 Å². The number of aromatic nitrogens is 2. The van der Waals surface area contributed by atoms with E-state index in [1.54, 1.807) is 12.5 Å². The Hall–Kier alpha value is -2.57. The molecule has 1 aromatic heterocycles. The summed E-state index contributed by atoms with van der Waals surface area (Å²) in [5.41, 5.74) is 5.67. The number of imidazole rings is 1. The molecule has 3 N–H and O–H groups in total. The quantitative estimate of drug-likeness (QED) is 0.276. The Morgan fingerprint density at radius 3 is 3.00 bits per heavy atom. The molecule has 1 heterocycles. The van der Waals surface area contributed by atoms with Gasteiger partial charge < -0.3 is 20.2 Å². The SMILES string of the molecule is N/C(=N/O)c1ccc(OCCCn2ccnc2)c(F)c1. The smallest absolute Gasteiger partial charge is 0.170 e. The number of hydrogen-bond acceptors (Lipinski definition) is 4. The summed E-state index contributed by atoms with van der Waals surface area (Å²) in [6, 6.07) is 4.16. The van der Waals surface area contributed by atoms with E-state index in [4.69, 9.17) is 15.7 Å². The highest BCUT2D eigenvalue weighted by Gasteiger charge is 2.07. The van der Waals surface area contributed by atoms with Gasteiger partial charge in [-0.2, -0.15) is 0 Å². The van der Waals surface area contributed by atoms with Crippen molar-refractivity contribution in [2.45, 2.75) is 13.0 Å². The highest BCUT2D eigenvalue weighted by atomic mass is 19.1. The zero-order valence-corrected chi connectivity index (χ0v) is 10.7. The average Bonchev–Trinajstić information content (AvgIpc) is 2.97. The van der Waals surface area contributed by atoms with Crippen LogP contribution < -0.4 is 10.5 Å². The first-order valence-corrected chi connectivity index (χ1v) is 6.06. The zero-order valence-electron chi connectivity index (χ0n) is 10.7. The Labute approximate surface area is 115 Å². The fraction of sp³-hybridized carbons (Fsp3) is 0.231. The molecule has 0 saturated heterocycles. The van der Waals surface area contributed by atoms with Crippen LogP contribution in [0.4, 0.5) is 4.39 Å². The Kier molecular flexibility index (Phi) is 4.54. The summed E-state index contributed by atoms with van der Waals surface area (Å²) in [7, 11) is 0. The van der Waals surface area contributed by atoms with Crippen LogP contribution in [0.1, 0.15) is 12.0 Å². The molecule has 0 aliphatic carbocycles. The maximum absolute atomic E-state index is 13.7. The maximum Gasteiger partial charge on any atom is 0.170 e. The third-order valence-corrected chi connectivity index (χ3v) is 2.71. The van der Waals surface area contributed by atoms with E-state index < -0.39 is 5.82 Å². The number of rotatable bonds is 6. The molecule has 0 atom stereocenters. The Morgan fingerprint density at radius 2 is 2.35 bits per heavy atom. The lowest BCUT2D eigenvalue weighted by Gasteiger charge is -2.08. The Morgan fingerprint density at radius 1 is 1.50 bits per heavy atom. The van der Waals surface area contributed by atoms with E-state index in [2.05, 4.69) is 10.1 Å². The summed E-state index contributed by atoms with van der Waals surface area (Å²) < 4.78 is 21.0. The molecular weight excluding hydrogens is 263 g/mol. The average molecular weight is 278 g/mol. The fourth-order valence-electron chi connectivity index (χ4n) is 1.68. The van der Waals surface area contributed by atoms with Gasteiger partial charge in [-0.1, -0.05) is 5.16 Å². The summed E-state index contributed by atoms with van der Waals surface area (Å²) >= 11 is 0. The van der Waals surface area contributed by atoms with Gasteiger partial charge in [0.1, 0.15) is 0 Å². The molecule has 106 valence electrons. The Balaban J connectivity index is 1.87. The van der Waals surface area contributed by atoms with Gasteiger partial charge in [-0.3, -0.25) is 0 Å². The molecule has 0 amide bonds. The van der Waals surface area contributed by atoms with Crippen LogP contribution in [-0.4, -0.2) is 27.2 Å². The number of benzene rings is 1. The molecule has 1 aromatic carbocycles. The third-order valence-electron chi connectivity index (χ3n) is 2.71. The van der Waals surface area contributed by atoms with Crippen LogP contribution in [0.5, 0.6) is 5.75 Å². The molecule has 0 fully saturated rings. The number of ether oxygens (including phenoxy) is 1. The van der Waals surface area contributed by atoms with Gasteiger partial charge in [0.15, 0.2) is 17.4 Å². The van der Waals surface area contributed by atoms with Crippen LogP contribution >= 0.6 is 0 Å². The van der Waals surface area contributed by atoms with Crippen LogP contribution in [-0.2, 0) is 6.54 Å². The number of oxime groups is 1. The lowest BCUT2D eigenvalue weighted by atomic mass is 10.2. The second kappa shape index (κ2) is 6.55. The van der Waals surface area contributed by atoms with Crippen molar-refractivity contribution in [2.24, 2.45) is 10.9 Å². The monoisotopic (exact) mass is 278 g/mol. The van der Waals surface area contributed by atoms with E-state index in [1.165, 1.54) is 18.2 Å². The predicted molar refractivity (Wildman–Crippen MR) is 71.2 cm³/mol. The summed E-state index contributed by atoms with van der Waals surface area (Å²) in [5.74, 6) is -0.544. The van der Waals surface area contributed by atoms with Crippen molar-refractivity contribution in [3.63, 3.8) is 0 Å². The van der Waals surface area contributed by atoms with E-state index in [-0.39, 0.29) is 11.6 Å². The zero-order chi connectivity index (χ0) is 14.4. The molecule has 6 nitrogen and oxygen atoms in total. The summed E-state index contributed by atoms with van der Waals surface area (Å²) in [4.78, 5) is 3.93. The topological polar surface area (TPSA) is 85.7 Å². The summed E-state index contributed by atoms with van der Waals surface area (Å²) in [6.07, 6.45) is 6.00. The first-order valence-electron chi connectivity index (χ1n) is 6.06. The maximum atomic E-state index is 13.7. The second-order valence-corrected chi connectivity index (χ2v) is 4.13. The highest BCUT2D eigenvalue weighted by Crippen LogP contribution is 2.18. The van der Waals surface area contributed by atoms with Crippen LogP contribution in [0.2, 0.25) is 0 Å². The van der Waals surface area contributed by atoms with Gasteiger partial charge in [0, 0.05) is 24.5 Å². The van der Waals surface area contributed by atoms with Gasteiger partial charge in [0.2, 0.25) is 0 Å². The predicted octanol–water partition coefficient (Wildman–Crippen LogP) is 1.59. The lowest BCUT2D eigenvalue weighted by Crippen LogP contribution is -2.13. The molecule has 0 saturated carbocycles. The normalized spacial score (nSPS) is 11.6. The van der Waals surface area contributed by atoms with Gasteiger partial charge in [-0.25, -0.2) is 9.37 Å². The van der Waals surface area contributed by atoms with Crippen molar-refractivity contribution in [3.8, 4) is 5.75 Å². The molecule has 0 radical (unpaired) electrons. The van der Waals surface area contributed by atoms with Crippen molar-refractivity contribution in [1.29, 1.82) is 0 Å². The number of amidine groups is 1. The van der Waals surface area contributed by atoms with Crippen LogP contribution in [0.25, 0.3) is 0 Å². The number of halogens is 1. The van der Waals surface area contributed by atoms with Crippen molar-refractivity contribution < 1.29 is 14.3 Å². The van der Waals surface area contributed by atoms with E-state index >= 15 is 0 Å². The molecule has 7 heteroatoms. The molecule has 0 spiro atoms. The minimum Gasteiger partial charge on any atom is -0.490 e. The number of nitrogens with two attached hydrogens (primary N) is 1. The molecule has 2 rings (SSSR count). The minimum atomic E-state index is -0.545. The first kappa shape index (κ1) is 13.9. The number of nitrogens with zero attached hydrogens (tertiary/aromatic N) is 3. The van der Waals surface area contributed by atoms with E-state index in [0.717, 1.165) is 13.0 Å². The Bertz CT molecular complexity index is 584. The number of aryl methyl sites for hydroxylation is 1. The molecule has 0 unspecified atom stereocenters. The van der Waals surface area contributed by atoms with Crippen LogP contribution in [0, 0.1) is 5.82 Å². The molecule has 2 aromatic rings. The molecule has 0 bridgehead atoms. The van der Waals surface area contributed by atoms with Crippen molar-refractivity contribution in [2.75, 3.05) is 6.61 Å². The second-order valence-electron chi connectivity index (χ2n) is 4.13. The van der Waals surface area contributed by atoms with Gasteiger partial charge >= 0.3 is 0 Å². The standard InChI is InChI=1S/C13H15FN4O2/c14-11-8-10(13(15)17-19)2-3-12(11)20-7-1-5-18-6-4-16-9-18/h2-4,6,8-9,19H,1,5,7H2,(H2,15,17). The highest BCUT2D eigenvalue weighted by molar-refractivity contribution is 5.97. The van der Waals surface area contributed by atoms with Gasteiger partial charge in [0.05, 0.1) is 12.9 Å². The largest absolute Gasteiger partial charge is 0.490 e. The van der Waals surface area contributed by atoms with Crippen molar-refractivity contribution in [1.82, 2.24) is 9.55 Å². The fourth-order valence-corrected chi connectivity index (χ4v) is 1.68. The molecule has 0 aliphatic heterocycles. The van der Waals surface area contributed by atoms with E-state index in [0.29, 0.717) is 12.2 Å². The summed E-state index contributed by atoms with van der Waals surface area (Å²) in [5, 5.41) is 11.3. The van der Waals surface area contributed by atoms with Gasteiger partial charge in [-0.15, -0.1) is 0 Å². The van der Waals surface area contributed by atoms with Crippen molar-refractivity contribution >= 4 is 5.84 Å². The minimum absolute atomic E-state index is 0.143. The van der Waals surface area contributed by atoms with Crippen LogP contribution in [0.3, 0.4) is 0 Å². The molecule has 20 heavy (non-hydrogen) atoms. The molecule has 0 aliphatic rings. The van der Waals surface area contributed by atoms with Crippen LogP contribution in [0.15, 0.2) is 42.1 Å². The number of hydrogen-bond donors (Lipinski definition) is 2. The lowest BCUT2D eigenvalue weighted by molar-refractivity contribution is 0.287. The van der Waals surface area contributed by atoms with E-state index in [9.17, 15) is 4.39 Å². The molecular formula is C13H15FN4O2. The van der Waals surface area contributed by atoms with Crippen molar-refractivity contribution in [3.05, 3.63) is 48.3 Å². The van der Waals surface area contributed by atoms with Gasteiger partial charge in [-0.05, 0) is 24.6 Å². The van der Waals surface area contributed by atoms with E-state index in [1.807, 2.05) is 10.8 Å².